The molecule has 0 aliphatic heterocycles. The van der Waals surface area contributed by atoms with Crippen LogP contribution in [0, 0.1) is 0 Å². The number of halogens is 3. The molecule has 1 atom stereocenters. The van der Waals surface area contributed by atoms with Gasteiger partial charge in [-0.05, 0) is 53.5 Å². The number of hydrogen-bond donors (Lipinski definition) is 1. The Labute approximate surface area is 108 Å². The summed E-state index contributed by atoms with van der Waals surface area (Å²) in [4.78, 5) is 0. The highest BCUT2D eigenvalue weighted by molar-refractivity contribution is 4.70. The largest absolute Gasteiger partial charge is 0.389 e. The molecular formula is C13H26F3NO. The van der Waals surface area contributed by atoms with Gasteiger partial charge in [-0.25, -0.2) is 0 Å². The molecule has 1 unspecified atom stereocenters. The van der Waals surface area contributed by atoms with Crippen molar-refractivity contribution >= 4 is 0 Å². The average Bonchev–Trinajstić information content (AvgIpc) is 2.17. The molecule has 0 bridgehead atoms. The Bertz CT molecular complexity index is 189. The monoisotopic (exact) mass is 269 g/mol. The molecule has 110 valence electrons. The van der Waals surface area contributed by atoms with Gasteiger partial charge in [-0.2, -0.15) is 13.2 Å². The normalized spacial score (nSPS) is 14.8. The van der Waals surface area contributed by atoms with Gasteiger partial charge >= 0.3 is 6.18 Å². The van der Waals surface area contributed by atoms with Gasteiger partial charge in [0.1, 0.15) is 0 Å². The first-order chi connectivity index (χ1) is 8.10. The Morgan fingerprint density at radius 1 is 1.11 bits per heavy atom. The lowest BCUT2D eigenvalue weighted by molar-refractivity contribution is -0.138. The molecule has 0 saturated heterocycles. The lowest BCUT2D eigenvalue weighted by Gasteiger charge is -2.21. The van der Waals surface area contributed by atoms with Gasteiger partial charge in [0.2, 0.25) is 0 Å². The molecule has 0 aromatic carbocycles. The maximum absolute atomic E-state index is 11.9. The minimum atomic E-state index is -4.07. The fourth-order valence-corrected chi connectivity index (χ4v) is 1.49. The fraction of sp³-hybridized carbons (Fsp3) is 1.00. The summed E-state index contributed by atoms with van der Waals surface area (Å²) in [5.74, 6) is 0. The molecule has 0 aliphatic carbocycles. The molecule has 0 saturated carbocycles. The second kappa shape index (κ2) is 8.00. The van der Waals surface area contributed by atoms with E-state index in [0.717, 1.165) is 19.4 Å². The van der Waals surface area contributed by atoms with Gasteiger partial charge in [0, 0.05) is 18.6 Å². The maximum Gasteiger partial charge on any atom is 0.389 e. The van der Waals surface area contributed by atoms with E-state index in [9.17, 15) is 13.2 Å². The summed E-state index contributed by atoms with van der Waals surface area (Å²) in [7, 11) is 0. The van der Waals surface area contributed by atoms with E-state index in [1.54, 1.807) is 0 Å². The third-order valence-corrected chi connectivity index (χ3v) is 2.45. The van der Waals surface area contributed by atoms with Crippen molar-refractivity contribution in [3.8, 4) is 0 Å². The second-order valence-corrected chi connectivity index (χ2v) is 5.72. The van der Waals surface area contributed by atoms with Crippen molar-refractivity contribution in [2.45, 2.75) is 71.2 Å². The average molecular weight is 269 g/mol. The van der Waals surface area contributed by atoms with Crippen LogP contribution in [0.5, 0.6) is 0 Å². The minimum absolute atomic E-state index is 0.0278. The molecule has 0 spiro atoms. The standard InChI is InChI=1S/C13H26F3NO/c1-11(7-5-9-17-12(2,3)4)18-10-6-8-13(14,15)16/h11,17H,5-10H2,1-4H3. The number of alkyl halides is 3. The SMILES string of the molecule is CC(CCCNC(C)(C)C)OCCCC(F)(F)F. The molecule has 0 radical (unpaired) electrons. The van der Waals surface area contributed by atoms with Crippen LogP contribution in [0.4, 0.5) is 13.2 Å². The van der Waals surface area contributed by atoms with Crippen molar-refractivity contribution in [3.63, 3.8) is 0 Å². The van der Waals surface area contributed by atoms with E-state index in [-0.39, 0.29) is 24.7 Å². The van der Waals surface area contributed by atoms with E-state index in [1.807, 2.05) is 6.92 Å². The van der Waals surface area contributed by atoms with Crippen LogP contribution in [0.2, 0.25) is 0 Å². The molecule has 1 N–H and O–H groups in total. The predicted molar refractivity (Wildman–Crippen MR) is 67.7 cm³/mol. The summed E-state index contributed by atoms with van der Waals surface area (Å²) in [5, 5.41) is 3.36. The molecule has 0 heterocycles. The third kappa shape index (κ3) is 13.8. The topological polar surface area (TPSA) is 21.3 Å². The summed E-state index contributed by atoms with van der Waals surface area (Å²) in [6.45, 7) is 9.30. The predicted octanol–water partition coefficient (Wildman–Crippen LogP) is 3.90. The van der Waals surface area contributed by atoms with Crippen molar-refractivity contribution in [3.05, 3.63) is 0 Å². The summed E-state index contributed by atoms with van der Waals surface area (Å²) < 4.78 is 41.0. The van der Waals surface area contributed by atoms with Crippen molar-refractivity contribution in [1.29, 1.82) is 0 Å². The van der Waals surface area contributed by atoms with Crippen LogP contribution in [0.15, 0.2) is 0 Å². The summed E-state index contributed by atoms with van der Waals surface area (Å²) in [6, 6.07) is 0. The maximum atomic E-state index is 11.9. The fourth-order valence-electron chi connectivity index (χ4n) is 1.49. The number of nitrogens with one attached hydrogen (secondary N) is 1. The van der Waals surface area contributed by atoms with E-state index < -0.39 is 12.6 Å². The Balaban J connectivity index is 3.41. The summed E-state index contributed by atoms with van der Waals surface area (Å²) in [5.41, 5.74) is 0.108. The van der Waals surface area contributed by atoms with E-state index in [2.05, 4.69) is 26.1 Å². The van der Waals surface area contributed by atoms with Crippen molar-refractivity contribution in [2.24, 2.45) is 0 Å². The Hall–Kier alpha value is -0.290. The first-order valence-electron chi connectivity index (χ1n) is 6.53. The molecule has 0 amide bonds. The zero-order valence-electron chi connectivity index (χ0n) is 11.9. The van der Waals surface area contributed by atoms with Gasteiger partial charge in [0.15, 0.2) is 0 Å². The zero-order valence-corrected chi connectivity index (χ0v) is 11.9. The molecule has 0 aliphatic rings. The van der Waals surface area contributed by atoms with Crippen molar-refractivity contribution < 1.29 is 17.9 Å². The number of hydrogen-bond acceptors (Lipinski definition) is 2. The van der Waals surface area contributed by atoms with Crippen LogP contribution >= 0.6 is 0 Å². The molecule has 0 fully saturated rings. The van der Waals surface area contributed by atoms with Crippen LogP contribution in [0.3, 0.4) is 0 Å². The van der Waals surface area contributed by atoms with Crippen molar-refractivity contribution in [1.82, 2.24) is 5.32 Å². The molecule has 2 nitrogen and oxygen atoms in total. The Kier molecular flexibility index (Phi) is 7.87. The first-order valence-corrected chi connectivity index (χ1v) is 6.53. The minimum Gasteiger partial charge on any atom is -0.379 e. The van der Waals surface area contributed by atoms with Crippen LogP contribution < -0.4 is 5.32 Å². The smallest absolute Gasteiger partial charge is 0.379 e. The molecule has 0 aromatic rings. The molecule has 0 aromatic heterocycles. The second-order valence-electron chi connectivity index (χ2n) is 5.72. The third-order valence-electron chi connectivity index (χ3n) is 2.45. The van der Waals surface area contributed by atoms with Gasteiger partial charge in [-0.1, -0.05) is 0 Å². The number of ether oxygens (including phenoxy) is 1. The highest BCUT2D eigenvalue weighted by Gasteiger charge is 2.26. The Morgan fingerprint density at radius 2 is 1.72 bits per heavy atom. The zero-order chi connectivity index (χ0) is 14.2. The highest BCUT2D eigenvalue weighted by Crippen LogP contribution is 2.21. The van der Waals surface area contributed by atoms with E-state index >= 15 is 0 Å². The van der Waals surface area contributed by atoms with Crippen LogP contribution in [0.1, 0.15) is 53.4 Å². The van der Waals surface area contributed by atoms with Gasteiger partial charge in [0.25, 0.3) is 0 Å². The molecule has 5 heteroatoms. The summed E-state index contributed by atoms with van der Waals surface area (Å²) in [6.07, 6.45) is -2.91. The van der Waals surface area contributed by atoms with Gasteiger partial charge in [-0.3, -0.25) is 0 Å². The van der Waals surface area contributed by atoms with E-state index in [1.165, 1.54) is 0 Å². The lowest BCUT2D eigenvalue weighted by Crippen LogP contribution is -2.36. The molecular weight excluding hydrogens is 243 g/mol. The van der Waals surface area contributed by atoms with Crippen LogP contribution in [0.25, 0.3) is 0 Å². The molecule has 18 heavy (non-hydrogen) atoms. The highest BCUT2D eigenvalue weighted by atomic mass is 19.4. The van der Waals surface area contributed by atoms with E-state index in [4.69, 9.17) is 4.74 Å². The van der Waals surface area contributed by atoms with Gasteiger partial charge < -0.3 is 10.1 Å². The van der Waals surface area contributed by atoms with Crippen molar-refractivity contribution in [2.75, 3.05) is 13.2 Å². The van der Waals surface area contributed by atoms with Crippen LogP contribution in [-0.2, 0) is 4.74 Å². The molecule has 0 rings (SSSR count). The van der Waals surface area contributed by atoms with Gasteiger partial charge in [0.05, 0.1) is 6.10 Å². The summed E-state index contributed by atoms with van der Waals surface area (Å²) >= 11 is 0. The van der Waals surface area contributed by atoms with Gasteiger partial charge in [-0.15, -0.1) is 0 Å². The Morgan fingerprint density at radius 3 is 2.22 bits per heavy atom. The quantitative estimate of drug-likeness (QED) is 0.675. The first kappa shape index (κ1) is 17.7. The number of rotatable bonds is 8. The van der Waals surface area contributed by atoms with E-state index in [0.29, 0.717) is 0 Å². The van der Waals surface area contributed by atoms with Crippen LogP contribution in [-0.4, -0.2) is 31.0 Å². The lowest BCUT2D eigenvalue weighted by atomic mass is 10.1.